The molecule has 1 aliphatic rings. The van der Waals surface area contributed by atoms with Crippen molar-refractivity contribution in [2.45, 2.75) is 39.7 Å². The number of hydrogen-bond donors (Lipinski definition) is 2. The Kier molecular flexibility index (Phi) is 5.15. The Labute approximate surface area is 119 Å². The van der Waals surface area contributed by atoms with Gasteiger partial charge in [0.1, 0.15) is 6.04 Å². The van der Waals surface area contributed by atoms with Gasteiger partial charge in [-0.3, -0.25) is 9.59 Å². The second-order valence-corrected chi connectivity index (χ2v) is 8.18. The molecular formula is C12H22N2O5S. The van der Waals surface area contributed by atoms with Crippen molar-refractivity contribution in [3.05, 3.63) is 0 Å². The highest BCUT2D eigenvalue weighted by molar-refractivity contribution is 7.89. The predicted molar refractivity (Wildman–Crippen MR) is 73.6 cm³/mol. The topological polar surface area (TPSA) is 104 Å². The van der Waals surface area contributed by atoms with Crippen molar-refractivity contribution in [2.24, 2.45) is 5.41 Å². The Bertz CT molecular complexity index is 481. The van der Waals surface area contributed by atoms with Gasteiger partial charge in [0.2, 0.25) is 15.9 Å². The number of piperazine rings is 1. The van der Waals surface area contributed by atoms with Gasteiger partial charge in [-0.05, 0) is 11.8 Å². The average molecular weight is 306 g/mol. The van der Waals surface area contributed by atoms with Gasteiger partial charge < -0.3 is 10.4 Å². The molecule has 1 atom stereocenters. The summed E-state index contributed by atoms with van der Waals surface area (Å²) in [4.78, 5) is 22.5. The van der Waals surface area contributed by atoms with Crippen molar-refractivity contribution in [1.29, 1.82) is 0 Å². The highest BCUT2D eigenvalue weighted by Gasteiger charge is 2.38. The van der Waals surface area contributed by atoms with E-state index in [1.165, 1.54) is 0 Å². The van der Waals surface area contributed by atoms with Crippen LogP contribution in [0.2, 0.25) is 0 Å². The van der Waals surface area contributed by atoms with E-state index < -0.39 is 34.4 Å². The molecule has 116 valence electrons. The number of nitrogens with zero attached hydrogens (tertiary/aromatic N) is 1. The Morgan fingerprint density at radius 2 is 2.05 bits per heavy atom. The molecule has 0 aromatic rings. The lowest BCUT2D eigenvalue weighted by molar-refractivity contribution is -0.141. The molecule has 0 saturated carbocycles. The highest BCUT2D eigenvalue weighted by Crippen LogP contribution is 2.22. The van der Waals surface area contributed by atoms with Crippen LogP contribution in [0.3, 0.4) is 0 Å². The van der Waals surface area contributed by atoms with E-state index in [0.29, 0.717) is 6.42 Å². The number of amides is 1. The van der Waals surface area contributed by atoms with Crippen molar-refractivity contribution < 1.29 is 23.1 Å². The first-order chi connectivity index (χ1) is 9.03. The third-order valence-corrected chi connectivity index (χ3v) is 4.99. The number of aliphatic carboxylic acids is 1. The van der Waals surface area contributed by atoms with Gasteiger partial charge in [0.15, 0.2) is 0 Å². The van der Waals surface area contributed by atoms with Gasteiger partial charge in [-0.1, -0.05) is 20.8 Å². The van der Waals surface area contributed by atoms with Gasteiger partial charge in [-0.15, -0.1) is 0 Å². The third-order valence-electron chi connectivity index (χ3n) is 3.12. The molecule has 7 nitrogen and oxygen atoms in total. The lowest BCUT2D eigenvalue weighted by atomic mass is 9.94. The number of rotatable bonds is 5. The Morgan fingerprint density at radius 3 is 2.55 bits per heavy atom. The van der Waals surface area contributed by atoms with E-state index in [4.69, 9.17) is 5.11 Å². The van der Waals surface area contributed by atoms with Gasteiger partial charge in [-0.25, -0.2) is 8.42 Å². The second-order valence-electron chi connectivity index (χ2n) is 6.14. The maximum atomic E-state index is 12.3. The van der Waals surface area contributed by atoms with Crippen molar-refractivity contribution in [3.63, 3.8) is 0 Å². The van der Waals surface area contributed by atoms with E-state index in [1.54, 1.807) is 0 Å². The molecule has 1 unspecified atom stereocenters. The third kappa shape index (κ3) is 4.75. The number of carbonyl (C=O) groups excluding carboxylic acids is 1. The minimum Gasteiger partial charge on any atom is -0.481 e. The summed E-state index contributed by atoms with van der Waals surface area (Å²) in [6.07, 6.45) is -0.0617. The lowest BCUT2D eigenvalue weighted by Crippen LogP contribution is -2.58. The standard InChI is InChI=1S/C12H22N2O5S/c1-12(2,3)4-7-20(18,19)14-6-5-13-11(17)9(14)8-10(15)16/h9H,4-8H2,1-3H3,(H,13,17)(H,15,16). The van der Waals surface area contributed by atoms with Gasteiger partial charge >= 0.3 is 5.97 Å². The molecule has 2 N–H and O–H groups in total. The first kappa shape index (κ1) is 16.9. The number of hydrogen-bond acceptors (Lipinski definition) is 4. The fourth-order valence-corrected chi connectivity index (χ4v) is 3.97. The molecule has 0 aliphatic carbocycles. The minimum absolute atomic E-state index is 0.0834. The Hall–Kier alpha value is -1.15. The van der Waals surface area contributed by atoms with E-state index in [2.05, 4.69) is 5.32 Å². The van der Waals surface area contributed by atoms with Crippen LogP contribution in [0.5, 0.6) is 0 Å². The van der Waals surface area contributed by atoms with Crippen LogP contribution < -0.4 is 5.32 Å². The molecule has 0 aromatic carbocycles. The summed E-state index contributed by atoms with van der Waals surface area (Å²) in [6.45, 7) is 6.13. The zero-order chi connectivity index (χ0) is 15.6. The van der Waals surface area contributed by atoms with Crippen LogP contribution >= 0.6 is 0 Å². The van der Waals surface area contributed by atoms with Crippen LogP contribution in [0, 0.1) is 5.41 Å². The van der Waals surface area contributed by atoms with Crippen LogP contribution in [0.1, 0.15) is 33.6 Å². The molecule has 1 amide bonds. The van der Waals surface area contributed by atoms with E-state index in [1.807, 2.05) is 20.8 Å². The van der Waals surface area contributed by atoms with Crippen molar-refractivity contribution in [3.8, 4) is 0 Å². The summed E-state index contributed by atoms with van der Waals surface area (Å²) in [5.41, 5.74) is -0.145. The van der Waals surface area contributed by atoms with Gasteiger partial charge in [-0.2, -0.15) is 4.31 Å². The molecule has 1 heterocycles. The fourth-order valence-electron chi connectivity index (χ4n) is 1.94. The number of nitrogens with one attached hydrogen (secondary N) is 1. The van der Waals surface area contributed by atoms with Gasteiger partial charge in [0.05, 0.1) is 12.2 Å². The van der Waals surface area contributed by atoms with E-state index >= 15 is 0 Å². The zero-order valence-corrected chi connectivity index (χ0v) is 12.9. The first-order valence-electron chi connectivity index (χ1n) is 6.52. The lowest BCUT2D eigenvalue weighted by Gasteiger charge is -2.33. The maximum absolute atomic E-state index is 12.3. The largest absolute Gasteiger partial charge is 0.481 e. The van der Waals surface area contributed by atoms with Crippen LogP contribution in [-0.4, -0.2) is 54.6 Å². The van der Waals surface area contributed by atoms with E-state index in [9.17, 15) is 18.0 Å². The summed E-state index contributed by atoms with van der Waals surface area (Å²) < 4.78 is 25.7. The summed E-state index contributed by atoms with van der Waals surface area (Å²) in [7, 11) is -3.64. The van der Waals surface area contributed by atoms with Crippen molar-refractivity contribution in [2.75, 3.05) is 18.8 Å². The number of carboxylic acids is 1. The molecule has 20 heavy (non-hydrogen) atoms. The first-order valence-corrected chi connectivity index (χ1v) is 8.13. The van der Waals surface area contributed by atoms with Gasteiger partial charge in [0.25, 0.3) is 0 Å². The molecule has 1 rings (SSSR count). The summed E-state index contributed by atoms with van der Waals surface area (Å²) >= 11 is 0. The second kappa shape index (κ2) is 6.09. The normalized spacial score (nSPS) is 21.6. The van der Waals surface area contributed by atoms with E-state index in [-0.39, 0.29) is 24.3 Å². The molecule has 0 spiro atoms. The monoisotopic (exact) mass is 306 g/mol. The van der Waals surface area contributed by atoms with Crippen LogP contribution in [0.25, 0.3) is 0 Å². The molecule has 1 fully saturated rings. The highest BCUT2D eigenvalue weighted by atomic mass is 32.2. The summed E-state index contributed by atoms with van der Waals surface area (Å²) in [5, 5.41) is 11.3. The molecule has 0 bridgehead atoms. The Morgan fingerprint density at radius 1 is 1.45 bits per heavy atom. The molecule has 0 radical (unpaired) electrons. The molecule has 1 saturated heterocycles. The molecule has 1 aliphatic heterocycles. The molecule has 0 aromatic heterocycles. The maximum Gasteiger partial charge on any atom is 0.305 e. The fraction of sp³-hybridized carbons (Fsp3) is 0.833. The smallest absolute Gasteiger partial charge is 0.305 e. The Balaban J connectivity index is 2.88. The summed E-state index contributed by atoms with van der Waals surface area (Å²) in [6, 6.07) is -1.15. The molecular weight excluding hydrogens is 284 g/mol. The zero-order valence-electron chi connectivity index (χ0n) is 12.0. The quantitative estimate of drug-likeness (QED) is 0.745. The van der Waals surface area contributed by atoms with Crippen LogP contribution in [-0.2, 0) is 19.6 Å². The predicted octanol–water partition coefficient (Wildman–Crippen LogP) is 0.0275. The minimum atomic E-state index is -3.64. The number of carboxylic acid groups (broad SMARTS) is 1. The SMILES string of the molecule is CC(C)(C)CCS(=O)(=O)N1CCNC(=O)C1CC(=O)O. The summed E-state index contributed by atoms with van der Waals surface area (Å²) in [5.74, 6) is -1.82. The van der Waals surface area contributed by atoms with Crippen molar-refractivity contribution >= 4 is 21.9 Å². The van der Waals surface area contributed by atoms with Gasteiger partial charge in [0, 0.05) is 13.1 Å². The average Bonchev–Trinajstić information content (AvgIpc) is 2.28. The van der Waals surface area contributed by atoms with Crippen LogP contribution in [0.4, 0.5) is 0 Å². The van der Waals surface area contributed by atoms with E-state index in [0.717, 1.165) is 4.31 Å². The molecule has 8 heteroatoms. The van der Waals surface area contributed by atoms with Crippen molar-refractivity contribution in [1.82, 2.24) is 9.62 Å². The van der Waals surface area contributed by atoms with Crippen LogP contribution in [0.15, 0.2) is 0 Å². The number of sulfonamides is 1. The number of carbonyl (C=O) groups is 2.